The molecule has 2 aromatic heterocycles. The Morgan fingerprint density at radius 2 is 1.75 bits per heavy atom. The van der Waals surface area contributed by atoms with Crippen molar-refractivity contribution in [1.82, 2.24) is 14.9 Å². The van der Waals surface area contributed by atoms with Crippen molar-refractivity contribution in [2.24, 2.45) is 0 Å². The molecule has 0 fully saturated rings. The summed E-state index contributed by atoms with van der Waals surface area (Å²) >= 11 is 5.91. The number of aromatic nitrogens is 2. The summed E-state index contributed by atoms with van der Waals surface area (Å²) in [7, 11) is 1.77. The summed E-state index contributed by atoms with van der Waals surface area (Å²) < 4.78 is 0. The smallest absolute Gasteiger partial charge is 0.254 e. The first-order valence-electron chi connectivity index (χ1n) is 7.51. The molecule has 1 atom stereocenters. The van der Waals surface area contributed by atoms with Crippen LogP contribution in [0.3, 0.4) is 0 Å². The number of amides is 1. The minimum atomic E-state index is -0.285. The van der Waals surface area contributed by atoms with Crippen molar-refractivity contribution in [1.29, 1.82) is 0 Å². The molecule has 3 rings (SSSR count). The molecular formula is C19H16ClN3O. The van der Waals surface area contributed by atoms with Gasteiger partial charge in [-0.05, 0) is 29.8 Å². The highest BCUT2D eigenvalue weighted by molar-refractivity contribution is 6.29. The Balaban J connectivity index is 2.01. The summed E-state index contributed by atoms with van der Waals surface area (Å²) in [6.07, 6.45) is 3.26. The predicted molar refractivity (Wildman–Crippen MR) is 93.9 cm³/mol. The van der Waals surface area contributed by atoms with Crippen molar-refractivity contribution in [3.8, 4) is 0 Å². The number of hydrogen-bond donors (Lipinski definition) is 0. The van der Waals surface area contributed by atoms with Gasteiger partial charge in [0.15, 0.2) is 0 Å². The molecule has 0 saturated carbocycles. The van der Waals surface area contributed by atoms with Crippen LogP contribution < -0.4 is 0 Å². The first kappa shape index (κ1) is 16.1. The molecule has 0 bridgehead atoms. The number of carbonyl (C=O) groups is 1. The van der Waals surface area contributed by atoms with Gasteiger partial charge >= 0.3 is 0 Å². The van der Waals surface area contributed by atoms with Crippen molar-refractivity contribution in [3.05, 3.63) is 95.0 Å². The van der Waals surface area contributed by atoms with Gasteiger partial charge in [0, 0.05) is 25.0 Å². The van der Waals surface area contributed by atoms with Gasteiger partial charge in [-0.2, -0.15) is 0 Å². The maximum Gasteiger partial charge on any atom is 0.254 e. The fourth-order valence-corrected chi connectivity index (χ4v) is 2.80. The average Bonchev–Trinajstić information content (AvgIpc) is 2.63. The molecule has 0 aliphatic carbocycles. The van der Waals surface area contributed by atoms with E-state index in [1.54, 1.807) is 30.3 Å². The highest BCUT2D eigenvalue weighted by Crippen LogP contribution is 2.27. The molecule has 0 radical (unpaired) electrons. The van der Waals surface area contributed by atoms with E-state index in [9.17, 15) is 4.79 Å². The molecule has 3 aromatic rings. The highest BCUT2D eigenvalue weighted by Gasteiger charge is 2.25. The largest absolute Gasteiger partial charge is 0.329 e. The zero-order chi connectivity index (χ0) is 16.9. The van der Waals surface area contributed by atoms with Gasteiger partial charge < -0.3 is 4.90 Å². The van der Waals surface area contributed by atoms with Crippen LogP contribution in [0.25, 0.3) is 0 Å². The molecule has 2 heterocycles. The third-order valence-corrected chi connectivity index (χ3v) is 3.97. The second-order valence-corrected chi connectivity index (χ2v) is 5.74. The van der Waals surface area contributed by atoms with Crippen LogP contribution >= 0.6 is 11.6 Å². The molecule has 0 spiro atoms. The number of pyridine rings is 2. The lowest BCUT2D eigenvalue weighted by Crippen LogP contribution is -2.32. The van der Waals surface area contributed by atoms with Crippen LogP contribution in [0.15, 0.2) is 73.1 Å². The Morgan fingerprint density at radius 1 is 1.00 bits per heavy atom. The fraction of sp³-hybridized carbons (Fsp3) is 0.105. The minimum Gasteiger partial charge on any atom is -0.329 e. The van der Waals surface area contributed by atoms with Gasteiger partial charge in [-0.25, -0.2) is 4.98 Å². The van der Waals surface area contributed by atoms with Crippen LogP contribution in [0.2, 0.25) is 5.15 Å². The number of benzene rings is 1. The molecule has 0 aliphatic rings. The Bertz CT molecular complexity index is 785. The lowest BCUT2D eigenvalue weighted by Gasteiger charge is -2.28. The van der Waals surface area contributed by atoms with Crippen molar-refractivity contribution in [2.45, 2.75) is 6.04 Å². The van der Waals surface area contributed by atoms with Gasteiger partial charge in [0.05, 0.1) is 11.7 Å². The van der Waals surface area contributed by atoms with E-state index in [2.05, 4.69) is 9.97 Å². The van der Waals surface area contributed by atoms with Gasteiger partial charge in [0.25, 0.3) is 5.91 Å². The van der Waals surface area contributed by atoms with Gasteiger partial charge in [0.1, 0.15) is 5.15 Å². The molecule has 4 nitrogen and oxygen atoms in total. The van der Waals surface area contributed by atoms with E-state index in [-0.39, 0.29) is 11.9 Å². The van der Waals surface area contributed by atoms with Crippen LogP contribution in [0, 0.1) is 0 Å². The zero-order valence-corrected chi connectivity index (χ0v) is 13.9. The molecule has 1 aromatic carbocycles. The second kappa shape index (κ2) is 7.23. The Hall–Kier alpha value is -2.72. The lowest BCUT2D eigenvalue weighted by atomic mass is 10.0. The highest BCUT2D eigenvalue weighted by atomic mass is 35.5. The van der Waals surface area contributed by atoms with Crippen LogP contribution in [-0.2, 0) is 0 Å². The van der Waals surface area contributed by atoms with Crippen molar-refractivity contribution >= 4 is 17.5 Å². The van der Waals surface area contributed by atoms with Crippen LogP contribution in [0.5, 0.6) is 0 Å². The van der Waals surface area contributed by atoms with Gasteiger partial charge in [-0.3, -0.25) is 9.78 Å². The predicted octanol–water partition coefficient (Wildman–Crippen LogP) is 3.99. The monoisotopic (exact) mass is 337 g/mol. The molecule has 0 saturated heterocycles. The van der Waals surface area contributed by atoms with Crippen LogP contribution in [0.4, 0.5) is 0 Å². The third kappa shape index (κ3) is 3.44. The molecule has 0 N–H and O–H groups in total. The topological polar surface area (TPSA) is 46.1 Å². The van der Waals surface area contributed by atoms with Crippen molar-refractivity contribution in [3.63, 3.8) is 0 Å². The molecular weight excluding hydrogens is 322 g/mol. The van der Waals surface area contributed by atoms with E-state index in [4.69, 9.17) is 11.6 Å². The molecule has 0 unspecified atom stereocenters. The molecule has 24 heavy (non-hydrogen) atoms. The fourth-order valence-electron chi connectivity index (χ4n) is 2.62. The van der Waals surface area contributed by atoms with E-state index in [1.807, 2.05) is 48.5 Å². The zero-order valence-electron chi connectivity index (χ0n) is 13.1. The summed E-state index contributed by atoms with van der Waals surface area (Å²) in [5.74, 6) is -0.140. The van der Waals surface area contributed by atoms with Gasteiger partial charge in [-0.1, -0.05) is 48.0 Å². The van der Waals surface area contributed by atoms with Crippen LogP contribution in [0.1, 0.15) is 27.7 Å². The number of hydrogen-bond acceptors (Lipinski definition) is 3. The second-order valence-electron chi connectivity index (χ2n) is 5.35. The summed E-state index contributed by atoms with van der Waals surface area (Å²) in [6.45, 7) is 0. The number of nitrogens with zero attached hydrogens (tertiary/aromatic N) is 3. The Morgan fingerprint density at radius 3 is 2.42 bits per heavy atom. The quantitative estimate of drug-likeness (QED) is 0.676. The minimum absolute atomic E-state index is 0.140. The first-order valence-corrected chi connectivity index (χ1v) is 7.89. The summed E-state index contributed by atoms with van der Waals surface area (Å²) in [5.41, 5.74) is 2.29. The van der Waals surface area contributed by atoms with E-state index < -0.39 is 0 Å². The van der Waals surface area contributed by atoms with E-state index in [0.717, 1.165) is 11.3 Å². The first-order chi connectivity index (χ1) is 11.7. The summed E-state index contributed by atoms with van der Waals surface area (Å²) in [6, 6.07) is 18.5. The third-order valence-electron chi connectivity index (χ3n) is 3.76. The van der Waals surface area contributed by atoms with E-state index in [0.29, 0.717) is 10.7 Å². The molecule has 120 valence electrons. The van der Waals surface area contributed by atoms with E-state index in [1.165, 1.54) is 6.20 Å². The standard InChI is InChI=1S/C19H16ClN3O/c1-23(19(24)15-10-12-22-17(20)13-15)18(14-7-3-2-4-8-14)16-9-5-6-11-21-16/h2-13,18H,1H3/t18-/m0/s1. The molecule has 0 aliphatic heterocycles. The maximum absolute atomic E-state index is 12.9. The Kier molecular flexibility index (Phi) is 4.87. The SMILES string of the molecule is CN(C(=O)c1ccnc(Cl)c1)[C@@H](c1ccccc1)c1ccccn1. The molecule has 1 amide bonds. The van der Waals surface area contributed by atoms with Crippen molar-refractivity contribution < 1.29 is 4.79 Å². The number of carbonyl (C=O) groups excluding carboxylic acids is 1. The number of rotatable bonds is 4. The number of halogens is 1. The van der Waals surface area contributed by atoms with Crippen LogP contribution in [-0.4, -0.2) is 27.8 Å². The van der Waals surface area contributed by atoms with Gasteiger partial charge in [-0.15, -0.1) is 0 Å². The maximum atomic E-state index is 12.9. The average molecular weight is 338 g/mol. The summed E-state index contributed by atoms with van der Waals surface area (Å²) in [5, 5.41) is 0.295. The summed E-state index contributed by atoms with van der Waals surface area (Å²) in [4.78, 5) is 22.9. The lowest BCUT2D eigenvalue weighted by molar-refractivity contribution is 0.0752. The van der Waals surface area contributed by atoms with Crippen molar-refractivity contribution in [2.75, 3.05) is 7.05 Å². The molecule has 5 heteroatoms. The van der Waals surface area contributed by atoms with Gasteiger partial charge in [0.2, 0.25) is 0 Å². The normalized spacial score (nSPS) is 11.8. The Labute approximate surface area is 145 Å². The van der Waals surface area contributed by atoms with E-state index >= 15 is 0 Å².